The lowest BCUT2D eigenvalue weighted by Crippen LogP contribution is -2.22. The minimum Gasteiger partial charge on any atom is -0.348 e. The molecular formula is C20H19N5O. The van der Waals surface area contributed by atoms with Gasteiger partial charge in [-0.1, -0.05) is 6.07 Å². The molecule has 5 rings (SSSR count). The van der Waals surface area contributed by atoms with Crippen LogP contribution in [0.3, 0.4) is 0 Å². The zero-order valence-corrected chi connectivity index (χ0v) is 14.5. The molecule has 26 heavy (non-hydrogen) atoms. The first-order valence-electron chi connectivity index (χ1n) is 8.85. The zero-order valence-electron chi connectivity index (χ0n) is 14.5. The molecule has 2 heterocycles. The molecule has 0 saturated heterocycles. The van der Waals surface area contributed by atoms with Gasteiger partial charge in [0.15, 0.2) is 0 Å². The van der Waals surface area contributed by atoms with Crippen molar-refractivity contribution < 1.29 is 4.79 Å². The summed E-state index contributed by atoms with van der Waals surface area (Å²) >= 11 is 0. The van der Waals surface area contributed by atoms with Gasteiger partial charge in [0.05, 0.1) is 28.4 Å². The molecule has 0 unspecified atom stereocenters. The summed E-state index contributed by atoms with van der Waals surface area (Å²) in [5, 5.41) is 2.99. The van der Waals surface area contributed by atoms with Crippen molar-refractivity contribution in [2.75, 3.05) is 0 Å². The van der Waals surface area contributed by atoms with Crippen molar-refractivity contribution in [3.05, 3.63) is 59.7 Å². The highest BCUT2D eigenvalue weighted by molar-refractivity contribution is 5.97. The van der Waals surface area contributed by atoms with Crippen molar-refractivity contribution >= 4 is 28.0 Å². The van der Waals surface area contributed by atoms with Crippen LogP contribution in [0.2, 0.25) is 0 Å². The summed E-state index contributed by atoms with van der Waals surface area (Å²) in [7, 11) is 2.08. The molecule has 4 aromatic rings. The van der Waals surface area contributed by atoms with E-state index in [4.69, 9.17) is 4.98 Å². The summed E-state index contributed by atoms with van der Waals surface area (Å²) in [4.78, 5) is 24.4. The Labute approximate surface area is 150 Å². The van der Waals surface area contributed by atoms with Crippen LogP contribution in [0.4, 0.5) is 0 Å². The van der Waals surface area contributed by atoms with Crippen molar-refractivity contribution in [1.29, 1.82) is 0 Å². The van der Waals surface area contributed by atoms with E-state index in [-0.39, 0.29) is 5.91 Å². The third-order valence-electron chi connectivity index (χ3n) is 5.06. The van der Waals surface area contributed by atoms with Crippen molar-refractivity contribution in [3.63, 3.8) is 0 Å². The second-order valence-corrected chi connectivity index (χ2v) is 6.94. The number of amides is 1. The number of imidazole rings is 2. The molecule has 0 bridgehead atoms. The normalized spacial score (nSPS) is 14.2. The van der Waals surface area contributed by atoms with Gasteiger partial charge in [0.2, 0.25) is 0 Å². The zero-order chi connectivity index (χ0) is 17.7. The molecule has 1 aliphatic rings. The van der Waals surface area contributed by atoms with Crippen LogP contribution in [0.1, 0.15) is 40.5 Å². The van der Waals surface area contributed by atoms with Crippen molar-refractivity contribution in [2.24, 2.45) is 7.05 Å². The number of nitrogens with zero attached hydrogens (tertiary/aromatic N) is 3. The topological polar surface area (TPSA) is 75.6 Å². The van der Waals surface area contributed by atoms with Gasteiger partial charge in [-0.25, -0.2) is 9.97 Å². The highest BCUT2D eigenvalue weighted by atomic mass is 16.1. The fourth-order valence-corrected chi connectivity index (χ4v) is 3.44. The number of aromatic amines is 1. The number of carbonyl (C=O) groups excluding carboxylic acids is 1. The molecule has 0 atom stereocenters. The molecule has 0 spiro atoms. The molecule has 2 N–H and O–H groups in total. The highest BCUT2D eigenvalue weighted by Crippen LogP contribution is 2.40. The minimum absolute atomic E-state index is 0.0960. The van der Waals surface area contributed by atoms with E-state index >= 15 is 0 Å². The Morgan fingerprint density at radius 2 is 2.12 bits per heavy atom. The third kappa shape index (κ3) is 2.54. The molecule has 2 aromatic carbocycles. The molecule has 1 saturated carbocycles. The number of hydrogen-bond donors (Lipinski definition) is 2. The number of rotatable bonds is 4. The van der Waals surface area contributed by atoms with Crippen LogP contribution in [-0.4, -0.2) is 25.4 Å². The van der Waals surface area contributed by atoms with Gasteiger partial charge in [-0.15, -0.1) is 0 Å². The Hall–Kier alpha value is -3.15. The van der Waals surface area contributed by atoms with Gasteiger partial charge in [-0.2, -0.15) is 0 Å². The van der Waals surface area contributed by atoms with Crippen LogP contribution in [0.25, 0.3) is 22.1 Å². The second kappa shape index (κ2) is 5.69. The largest absolute Gasteiger partial charge is 0.348 e. The number of hydrogen-bond acceptors (Lipinski definition) is 3. The maximum absolute atomic E-state index is 12.4. The summed E-state index contributed by atoms with van der Waals surface area (Å²) < 4.78 is 2.19. The van der Waals surface area contributed by atoms with Crippen LogP contribution in [0, 0.1) is 0 Å². The van der Waals surface area contributed by atoms with Gasteiger partial charge < -0.3 is 14.9 Å². The van der Waals surface area contributed by atoms with E-state index in [1.807, 2.05) is 12.1 Å². The van der Waals surface area contributed by atoms with Gasteiger partial charge in [-0.3, -0.25) is 4.79 Å². The smallest absolute Gasteiger partial charge is 0.251 e. The van der Waals surface area contributed by atoms with E-state index in [0.717, 1.165) is 27.6 Å². The summed E-state index contributed by atoms with van der Waals surface area (Å²) in [5.74, 6) is 1.70. The summed E-state index contributed by atoms with van der Waals surface area (Å²) in [6.07, 6.45) is 4.10. The summed E-state index contributed by atoms with van der Waals surface area (Å²) in [6, 6.07) is 11.7. The molecule has 2 aromatic heterocycles. The lowest BCUT2D eigenvalue weighted by atomic mass is 10.1. The van der Waals surface area contributed by atoms with Gasteiger partial charge in [0, 0.05) is 25.1 Å². The molecule has 6 nitrogen and oxygen atoms in total. The molecule has 1 aliphatic carbocycles. The van der Waals surface area contributed by atoms with E-state index < -0.39 is 0 Å². The molecule has 6 heteroatoms. The quantitative estimate of drug-likeness (QED) is 0.596. The van der Waals surface area contributed by atoms with Crippen LogP contribution in [0.5, 0.6) is 0 Å². The van der Waals surface area contributed by atoms with E-state index in [0.29, 0.717) is 18.0 Å². The van der Waals surface area contributed by atoms with Crippen molar-refractivity contribution in [1.82, 2.24) is 24.8 Å². The average Bonchev–Trinajstić information content (AvgIpc) is 3.30. The number of aromatic nitrogens is 4. The number of nitrogens with one attached hydrogen (secondary N) is 2. The molecule has 130 valence electrons. The predicted molar refractivity (Wildman–Crippen MR) is 100.0 cm³/mol. The average molecular weight is 345 g/mol. The van der Waals surface area contributed by atoms with Crippen LogP contribution in [-0.2, 0) is 13.6 Å². The number of fused-ring (bicyclic) bond motifs is 2. The maximum atomic E-state index is 12.4. The monoisotopic (exact) mass is 345 g/mol. The number of aryl methyl sites for hydroxylation is 1. The Kier molecular flexibility index (Phi) is 3.31. The summed E-state index contributed by atoms with van der Waals surface area (Å²) in [6.45, 7) is 0.477. The predicted octanol–water partition coefficient (Wildman–Crippen LogP) is 3.26. The van der Waals surface area contributed by atoms with Crippen molar-refractivity contribution in [2.45, 2.75) is 25.3 Å². The van der Waals surface area contributed by atoms with Gasteiger partial charge >= 0.3 is 0 Å². The third-order valence-corrected chi connectivity index (χ3v) is 5.06. The van der Waals surface area contributed by atoms with E-state index in [9.17, 15) is 4.79 Å². The van der Waals surface area contributed by atoms with Gasteiger partial charge in [0.1, 0.15) is 5.82 Å². The fraction of sp³-hybridized carbons (Fsp3) is 0.250. The van der Waals surface area contributed by atoms with Crippen LogP contribution >= 0.6 is 0 Å². The second-order valence-electron chi connectivity index (χ2n) is 6.94. The minimum atomic E-state index is -0.0960. The standard InChI is InChI=1S/C20H19N5O/c1-25-18-7-2-12(8-17(18)24-19(25)13-3-4-13)10-21-20(26)14-5-6-15-16(9-14)23-11-22-15/h2,5-9,11,13H,3-4,10H2,1H3,(H,21,26)(H,22,23). The SMILES string of the molecule is Cn1c(C2CC2)nc2cc(CNC(=O)c3ccc4nc[nH]c4c3)ccc21. The maximum Gasteiger partial charge on any atom is 0.251 e. The first-order chi connectivity index (χ1) is 12.7. The van der Waals surface area contributed by atoms with E-state index in [2.05, 4.69) is 45.1 Å². The first-order valence-corrected chi connectivity index (χ1v) is 8.85. The summed E-state index contributed by atoms with van der Waals surface area (Å²) in [5.41, 5.74) is 5.53. The number of benzene rings is 2. The number of H-pyrrole nitrogens is 1. The lowest BCUT2D eigenvalue weighted by Gasteiger charge is -2.06. The van der Waals surface area contributed by atoms with Crippen molar-refractivity contribution in [3.8, 4) is 0 Å². The molecule has 1 fully saturated rings. The number of carbonyl (C=O) groups is 1. The molecule has 1 amide bonds. The van der Waals surface area contributed by atoms with Gasteiger partial charge in [0.25, 0.3) is 5.91 Å². The Morgan fingerprint density at radius 1 is 1.23 bits per heavy atom. The van der Waals surface area contributed by atoms with Crippen LogP contribution < -0.4 is 5.32 Å². The molecule has 0 aliphatic heterocycles. The van der Waals surface area contributed by atoms with E-state index in [1.165, 1.54) is 18.7 Å². The lowest BCUT2D eigenvalue weighted by molar-refractivity contribution is 0.0951. The fourth-order valence-electron chi connectivity index (χ4n) is 3.44. The van der Waals surface area contributed by atoms with Gasteiger partial charge in [-0.05, 0) is 48.7 Å². The first kappa shape index (κ1) is 15.1. The van der Waals surface area contributed by atoms with E-state index in [1.54, 1.807) is 12.4 Å². The Balaban J connectivity index is 1.34. The molecular weight excluding hydrogens is 326 g/mol. The Morgan fingerprint density at radius 3 is 2.96 bits per heavy atom. The highest BCUT2D eigenvalue weighted by Gasteiger charge is 2.28. The Bertz CT molecular complexity index is 1140. The molecule has 0 radical (unpaired) electrons. The van der Waals surface area contributed by atoms with Crippen LogP contribution in [0.15, 0.2) is 42.7 Å².